The van der Waals surface area contributed by atoms with Crippen LogP contribution in [0.1, 0.15) is 17.7 Å². The van der Waals surface area contributed by atoms with E-state index in [0.717, 1.165) is 12.1 Å². The molecule has 1 heterocycles. The van der Waals surface area contributed by atoms with Crippen molar-refractivity contribution in [3.05, 3.63) is 41.8 Å². The molecule has 20 heavy (non-hydrogen) atoms. The van der Waals surface area contributed by atoms with Crippen LogP contribution in [0.4, 0.5) is 13.2 Å². The summed E-state index contributed by atoms with van der Waals surface area (Å²) in [6, 6.07) is 4.73. The third kappa shape index (κ3) is 3.17. The Morgan fingerprint density at radius 2 is 2.10 bits per heavy atom. The zero-order chi connectivity index (χ0) is 14.8. The molecular formula is C13H10F3NO3. The minimum Gasteiger partial charge on any atom is -0.481 e. The maximum atomic E-state index is 12.6. The first-order chi connectivity index (χ1) is 9.38. The molecule has 2 rings (SSSR count). The minimum absolute atomic E-state index is 0.0947. The van der Waals surface area contributed by atoms with Crippen molar-refractivity contribution in [3.8, 4) is 11.1 Å². The van der Waals surface area contributed by atoms with Crippen LogP contribution in [0.2, 0.25) is 0 Å². The summed E-state index contributed by atoms with van der Waals surface area (Å²) in [6.07, 6.45) is -3.29. The van der Waals surface area contributed by atoms with Crippen molar-refractivity contribution >= 4 is 5.97 Å². The lowest BCUT2D eigenvalue weighted by Gasteiger charge is -2.08. The molecule has 0 amide bonds. The van der Waals surface area contributed by atoms with Gasteiger partial charge in [-0.3, -0.25) is 4.79 Å². The molecule has 0 radical (unpaired) electrons. The van der Waals surface area contributed by atoms with Crippen LogP contribution in [-0.4, -0.2) is 16.2 Å². The van der Waals surface area contributed by atoms with Crippen LogP contribution in [0.3, 0.4) is 0 Å². The Labute approximate surface area is 111 Å². The van der Waals surface area contributed by atoms with Crippen LogP contribution in [0.15, 0.2) is 35.1 Å². The lowest BCUT2D eigenvalue weighted by atomic mass is 10.0. The quantitative estimate of drug-likeness (QED) is 0.935. The van der Waals surface area contributed by atoms with Gasteiger partial charge in [-0.25, -0.2) is 0 Å². The summed E-state index contributed by atoms with van der Waals surface area (Å²) in [5.74, 6) is -1.01. The van der Waals surface area contributed by atoms with Crippen molar-refractivity contribution in [1.29, 1.82) is 0 Å². The fourth-order valence-electron chi connectivity index (χ4n) is 1.76. The van der Waals surface area contributed by atoms with Gasteiger partial charge in [-0.05, 0) is 17.7 Å². The molecule has 4 nitrogen and oxygen atoms in total. The van der Waals surface area contributed by atoms with Crippen molar-refractivity contribution in [1.82, 2.24) is 5.16 Å². The number of carbonyl (C=O) groups is 1. The Kier molecular flexibility index (Phi) is 3.78. The van der Waals surface area contributed by atoms with E-state index in [9.17, 15) is 18.0 Å². The first-order valence-corrected chi connectivity index (χ1v) is 5.70. The molecule has 0 saturated heterocycles. The second kappa shape index (κ2) is 5.36. The van der Waals surface area contributed by atoms with Gasteiger partial charge >= 0.3 is 12.1 Å². The largest absolute Gasteiger partial charge is 0.481 e. The number of benzene rings is 1. The third-order valence-corrected chi connectivity index (χ3v) is 2.72. The van der Waals surface area contributed by atoms with Gasteiger partial charge in [0.2, 0.25) is 0 Å². The molecule has 0 aliphatic heterocycles. The summed E-state index contributed by atoms with van der Waals surface area (Å²) >= 11 is 0. The first kappa shape index (κ1) is 14.1. The molecular weight excluding hydrogens is 275 g/mol. The number of hydrogen-bond acceptors (Lipinski definition) is 3. The van der Waals surface area contributed by atoms with E-state index in [1.54, 1.807) is 0 Å². The smallest absolute Gasteiger partial charge is 0.416 e. The molecule has 0 aliphatic rings. The fourth-order valence-corrected chi connectivity index (χ4v) is 1.76. The van der Waals surface area contributed by atoms with Gasteiger partial charge < -0.3 is 9.63 Å². The highest BCUT2D eigenvalue weighted by atomic mass is 19.4. The van der Waals surface area contributed by atoms with E-state index < -0.39 is 17.7 Å². The minimum atomic E-state index is -4.44. The van der Waals surface area contributed by atoms with E-state index in [0.29, 0.717) is 16.8 Å². The normalized spacial score (nSPS) is 11.6. The Morgan fingerprint density at radius 3 is 2.75 bits per heavy atom. The van der Waals surface area contributed by atoms with Crippen molar-refractivity contribution in [2.75, 3.05) is 0 Å². The molecule has 1 aromatic heterocycles. The highest BCUT2D eigenvalue weighted by Gasteiger charge is 2.30. The molecule has 0 bridgehead atoms. The SMILES string of the molecule is O=C(O)CCc1nocc1-c1cccc(C(F)(F)F)c1. The Bertz CT molecular complexity index is 619. The van der Waals surface area contributed by atoms with E-state index in [-0.39, 0.29) is 12.8 Å². The van der Waals surface area contributed by atoms with Crippen LogP contribution in [0, 0.1) is 0 Å². The molecule has 0 saturated carbocycles. The number of aromatic nitrogens is 1. The first-order valence-electron chi connectivity index (χ1n) is 5.70. The van der Waals surface area contributed by atoms with Gasteiger partial charge in [0.15, 0.2) is 0 Å². The molecule has 0 atom stereocenters. The lowest BCUT2D eigenvalue weighted by molar-refractivity contribution is -0.138. The van der Waals surface area contributed by atoms with Gasteiger partial charge in [-0.2, -0.15) is 13.2 Å². The maximum Gasteiger partial charge on any atom is 0.416 e. The number of hydrogen-bond donors (Lipinski definition) is 1. The van der Waals surface area contributed by atoms with Gasteiger partial charge in [0.05, 0.1) is 17.7 Å². The van der Waals surface area contributed by atoms with Crippen molar-refractivity contribution in [2.45, 2.75) is 19.0 Å². The molecule has 7 heteroatoms. The summed E-state index contributed by atoms with van der Waals surface area (Å²) in [6.45, 7) is 0. The van der Waals surface area contributed by atoms with Gasteiger partial charge in [0.1, 0.15) is 6.26 Å². The molecule has 0 fully saturated rings. The zero-order valence-corrected chi connectivity index (χ0v) is 10.1. The number of nitrogens with zero attached hydrogens (tertiary/aromatic N) is 1. The van der Waals surface area contributed by atoms with Gasteiger partial charge in [0.25, 0.3) is 0 Å². The zero-order valence-electron chi connectivity index (χ0n) is 10.1. The van der Waals surface area contributed by atoms with Crippen LogP contribution < -0.4 is 0 Å². The second-order valence-electron chi connectivity index (χ2n) is 4.15. The highest BCUT2D eigenvalue weighted by molar-refractivity contribution is 5.69. The van der Waals surface area contributed by atoms with E-state index >= 15 is 0 Å². The number of rotatable bonds is 4. The summed E-state index contributed by atoms with van der Waals surface area (Å²) in [5, 5.41) is 12.3. The van der Waals surface area contributed by atoms with E-state index in [2.05, 4.69) is 5.16 Å². The van der Waals surface area contributed by atoms with Crippen LogP contribution in [0.25, 0.3) is 11.1 Å². The van der Waals surface area contributed by atoms with Crippen LogP contribution >= 0.6 is 0 Å². The predicted molar refractivity (Wildman–Crippen MR) is 62.9 cm³/mol. The maximum absolute atomic E-state index is 12.6. The summed E-state index contributed by atoms with van der Waals surface area (Å²) in [7, 11) is 0. The average Bonchev–Trinajstić information content (AvgIpc) is 2.83. The summed E-state index contributed by atoms with van der Waals surface area (Å²) in [5.41, 5.74) is 0.214. The van der Waals surface area contributed by atoms with E-state index in [1.165, 1.54) is 18.4 Å². The predicted octanol–water partition coefficient (Wildman–Crippen LogP) is 3.38. The van der Waals surface area contributed by atoms with Crippen molar-refractivity contribution < 1.29 is 27.6 Å². The molecule has 2 aromatic rings. The Morgan fingerprint density at radius 1 is 1.35 bits per heavy atom. The summed E-state index contributed by atoms with van der Waals surface area (Å²) in [4.78, 5) is 10.5. The van der Waals surface area contributed by atoms with Gasteiger partial charge in [0, 0.05) is 12.0 Å². The fraction of sp³-hybridized carbons (Fsp3) is 0.231. The molecule has 1 aromatic carbocycles. The molecule has 0 unspecified atom stereocenters. The van der Waals surface area contributed by atoms with Crippen LogP contribution in [0.5, 0.6) is 0 Å². The number of carboxylic acids is 1. The van der Waals surface area contributed by atoms with Crippen molar-refractivity contribution in [2.24, 2.45) is 0 Å². The number of halogens is 3. The third-order valence-electron chi connectivity index (χ3n) is 2.72. The van der Waals surface area contributed by atoms with Gasteiger partial charge in [-0.15, -0.1) is 0 Å². The number of carboxylic acid groups (broad SMARTS) is 1. The van der Waals surface area contributed by atoms with Gasteiger partial charge in [-0.1, -0.05) is 17.3 Å². The average molecular weight is 285 g/mol. The van der Waals surface area contributed by atoms with Crippen LogP contribution in [-0.2, 0) is 17.4 Å². The monoisotopic (exact) mass is 285 g/mol. The standard InChI is InChI=1S/C13H10F3NO3/c14-13(15,16)9-3-1-2-8(6-9)10-7-20-17-11(10)4-5-12(18)19/h1-3,6-7H,4-5H2,(H,18,19). The van der Waals surface area contributed by atoms with E-state index in [4.69, 9.17) is 9.63 Å². The number of aryl methyl sites for hydroxylation is 1. The Balaban J connectivity index is 2.33. The van der Waals surface area contributed by atoms with Crippen molar-refractivity contribution in [3.63, 3.8) is 0 Å². The second-order valence-corrected chi connectivity index (χ2v) is 4.15. The topological polar surface area (TPSA) is 63.3 Å². The molecule has 0 spiro atoms. The Hall–Kier alpha value is -2.31. The molecule has 106 valence electrons. The molecule has 0 aliphatic carbocycles. The molecule has 1 N–H and O–H groups in total. The van der Waals surface area contributed by atoms with E-state index in [1.807, 2.05) is 0 Å². The number of aliphatic carboxylic acids is 1. The number of alkyl halides is 3. The highest BCUT2D eigenvalue weighted by Crippen LogP contribution is 2.33. The lowest BCUT2D eigenvalue weighted by Crippen LogP contribution is -2.04. The summed E-state index contributed by atoms with van der Waals surface area (Å²) < 4.78 is 42.7.